The highest BCUT2D eigenvalue weighted by Crippen LogP contribution is 2.36. The van der Waals surface area contributed by atoms with Crippen molar-refractivity contribution in [1.29, 1.82) is 0 Å². The average Bonchev–Trinajstić information content (AvgIpc) is 2.58. The van der Waals surface area contributed by atoms with E-state index >= 15 is 0 Å². The van der Waals surface area contributed by atoms with Crippen LogP contribution < -0.4 is 0 Å². The minimum Gasteiger partial charge on any atom is -0.458 e. The molecular weight excluding hydrogens is 290 g/mol. The lowest BCUT2D eigenvalue weighted by Gasteiger charge is -2.39. The summed E-state index contributed by atoms with van der Waals surface area (Å²) in [6.45, 7) is 2.88. The van der Waals surface area contributed by atoms with Crippen molar-refractivity contribution < 1.29 is 14.3 Å². The number of ether oxygens (including phenoxy) is 1. The molecule has 2 unspecified atom stereocenters. The van der Waals surface area contributed by atoms with Crippen LogP contribution in [0.15, 0.2) is 42.1 Å². The first-order valence-corrected chi connectivity index (χ1v) is 8.45. The number of amides is 1. The van der Waals surface area contributed by atoms with E-state index in [0.717, 1.165) is 31.5 Å². The number of nitrogens with zero attached hydrogens (tertiary/aromatic N) is 1. The second kappa shape index (κ2) is 6.99. The second-order valence-corrected chi connectivity index (χ2v) is 6.27. The maximum atomic E-state index is 12.2. The van der Waals surface area contributed by atoms with E-state index in [9.17, 15) is 9.59 Å². The van der Waals surface area contributed by atoms with Crippen molar-refractivity contribution >= 4 is 11.9 Å². The molecular formula is C19H23NO3. The molecule has 1 fully saturated rings. The normalized spacial score (nSPS) is 24.0. The van der Waals surface area contributed by atoms with Gasteiger partial charge in [0.05, 0.1) is 5.56 Å². The maximum absolute atomic E-state index is 12.2. The molecule has 1 aliphatic carbocycles. The van der Waals surface area contributed by atoms with E-state index in [1.807, 2.05) is 23.1 Å². The van der Waals surface area contributed by atoms with Gasteiger partial charge in [0, 0.05) is 31.0 Å². The standard InChI is InChI=1S/C19H23NO3/c1-2-12-20-17-10-9-16(13-15(17)8-11-18(20)21)23-19(22)14-6-4-3-5-7-14/h3-7,10,15-16H,2,8-9,11-13H2,1H3. The highest BCUT2D eigenvalue weighted by Gasteiger charge is 2.35. The lowest BCUT2D eigenvalue weighted by Crippen LogP contribution is -2.41. The van der Waals surface area contributed by atoms with Crippen molar-refractivity contribution in [3.8, 4) is 0 Å². The van der Waals surface area contributed by atoms with E-state index in [1.165, 1.54) is 0 Å². The predicted octanol–water partition coefficient (Wildman–Crippen LogP) is 3.54. The van der Waals surface area contributed by atoms with E-state index in [2.05, 4.69) is 13.0 Å². The summed E-state index contributed by atoms with van der Waals surface area (Å²) in [5.74, 6) is 0.306. The number of hydrogen-bond donors (Lipinski definition) is 0. The number of piperidine rings is 1. The first-order valence-electron chi connectivity index (χ1n) is 8.45. The van der Waals surface area contributed by atoms with Gasteiger partial charge >= 0.3 is 5.97 Å². The molecule has 122 valence electrons. The van der Waals surface area contributed by atoms with Gasteiger partial charge in [-0.2, -0.15) is 0 Å². The Labute approximate surface area is 137 Å². The van der Waals surface area contributed by atoms with Crippen molar-refractivity contribution in [3.63, 3.8) is 0 Å². The predicted molar refractivity (Wildman–Crippen MR) is 87.7 cm³/mol. The van der Waals surface area contributed by atoms with E-state index in [4.69, 9.17) is 4.74 Å². The number of likely N-dealkylation sites (tertiary alicyclic amines) is 1. The molecule has 1 saturated heterocycles. The highest BCUT2D eigenvalue weighted by atomic mass is 16.5. The van der Waals surface area contributed by atoms with Crippen LogP contribution in [0.1, 0.15) is 49.4 Å². The summed E-state index contributed by atoms with van der Waals surface area (Å²) in [6, 6.07) is 9.10. The third kappa shape index (κ3) is 3.46. The second-order valence-electron chi connectivity index (χ2n) is 6.27. The molecule has 0 bridgehead atoms. The lowest BCUT2D eigenvalue weighted by molar-refractivity contribution is -0.132. The molecule has 0 saturated carbocycles. The first kappa shape index (κ1) is 15.8. The minimum atomic E-state index is -0.259. The Morgan fingerprint density at radius 2 is 2.09 bits per heavy atom. The van der Waals surface area contributed by atoms with Crippen molar-refractivity contribution in [1.82, 2.24) is 4.90 Å². The number of fused-ring (bicyclic) bond motifs is 1. The Bertz CT molecular complexity index is 608. The smallest absolute Gasteiger partial charge is 0.338 e. The van der Waals surface area contributed by atoms with Crippen LogP contribution in [0, 0.1) is 5.92 Å². The number of esters is 1. The van der Waals surface area contributed by atoms with Gasteiger partial charge in [-0.1, -0.05) is 31.2 Å². The van der Waals surface area contributed by atoms with Crippen molar-refractivity contribution in [2.24, 2.45) is 5.92 Å². The Morgan fingerprint density at radius 3 is 2.83 bits per heavy atom. The van der Waals surface area contributed by atoms with Crippen LogP contribution in [0.5, 0.6) is 0 Å². The van der Waals surface area contributed by atoms with Crippen LogP contribution >= 0.6 is 0 Å². The number of benzene rings is 1. The third-order valence-electron chi connectivity index (χ3n) is 4.61. The molecule has 23 heavy (non-hydrogen) atoms. The summed E-state index contributed by atoms with van der Waals surface area (Å²) in [5, 5.41) is 0. The Balaban J connectivity index is 1.67. The quantitative estimate of drug-likeness (QED) is 0.799. The van der Waals surface area contributed by atoms with Gasteiger partial charge in [0.15, 0.2) is 0 Å². The van der Waals surface area contributed by atoms with Gasteiger partial charge in [0.2, 0.25) is 5.91 Å². The molecule has 3 rings (SSSR count). The SMILES string of the molecule is CCCN1C(=O)CCC2CC(OC(=O)c3ccccc3)CC=C21. The van der Waals surface area contributed by atoms with Crippen LogP contribution in [-0.4, -0.2) is 29.4 Å². The molecule has 0 spiro atoms. The topological polar surface area (TPSA) is 46.6 Å². The van der Waals surface area contributed by atoms with Gasteiger partial charge in [0.25, 0.3) is 0 Å². The number of carbonyl (C=O) groups excluding carboxylic acids is 2. The minimum absolute atomic E-state index is 0.0897. The van der Waals surface area contributed by atoms with E-state index < -0.39 is 0 Å². The zero-order valence-electron chi connectivity index (χ0n) is 13.5. The fourth-order valence-corrected chi connectivity index (χ4v) is 3.49. The number of allylic oxidation sites excluding steroid dienone is 1. The molecule has 0 radical (unpaired) electrons. The summed E-state index contributed by atoms with van der Waals surface area (Å²) in [4.78, 5) is 26.2. The third-order valence-corrected chi connectivity index (χ3v) is 4.61. The molecule has 1 heterocycles. The first-order chi connectivity index (χ1) is 11.2. The fraction of sp³-hybridized carbons (Fsp3) is 0.474. The molecule has 2 atom stereocenters. The van der Waals surface area contributed by atoms with Crippen LogP contribution in [0.25, 0.3) is 0 Å². The fourth-order valence-electron chi connectivity index (χ4n) is 3.49. The van der Waals surface area contributed by atoms with Gasteiger partial charge < -0.3 is 9.64 Å². The number of hydrogen-bond acceptors (Lipinski definition) is 3. The van der Waals surface area contributed by atoms with Gasteiger partial charge in [-0.15, -0.1) is 0 Å². The maximum Gasteiger partial charge on any atom is 0.338 e. The van der Waals surface area contributed by atoms with E-state index in [0.29, 0.717) is 24.3 Å². The largest absolute Gasteiger partial charge is 0.458 e. The molecule has 4 heteroatoms. The Kier molecular flexibility index (Phi) is 4.79. The summed E-state index contributed by atoms with van der Waals surface area (Å²) in [7, 11) is 0. The summed E-state index contributed by atoms with van der Waals surface area (Å²) >= 11 is 0. The zero-order chi connectivity index (χ0) is 16.2. The van der Waals surface area contributed by atoms with Crippen LogP contribution in [-0.2, 0) is 9.53 Å². The molecule has 1 aliphatic heterocycles. The van der Waals surface area contributed by atoms with Gasteiger partial charge in [-0.05, 0) is 31.4 Å². The van der Waals surface area contributed by atoms with Crippen molar-refractivity contribution in [2.45, 2.75) is 45.1 Å². The molecule has 1 amide bonds. The van der Waals surface area contributed by atoms with E-state index in [1.54, 1.807) is 12.1 Å². The molecule has 2 aliphatic rings. The van der Waals surface area contributed by atoms with Crippen LogP contribution in [0.2, 0.25) is 0 Å². The monoisotopic (exact) mass is 313 g/mol. The molecule has 4 nitrogen and oxygen atoms in total. The van der Waals surface area contributed by atoms with Crippen LogP contribution in [0.4, 0.5) is 0 Å². The van der Waals surface area contributed by atoms with Gasteiger partial charge in [-0.25, -0.2) is 4.79 Å². The number of rotatable bonds is 4. The highest BCUT2D eigenvalue weighted by molar-refractivity contribution is 5.89. The average molecular weight is 313 g/mol. The van der Waals surface area contributed by atoms with Gasteiger partial charge in [-0.3, -0.25) is 4.79 Å². The van der Waals surface area contributed by atoms with Crippen LogP contribution in [0.3, 0.4) is 0 Å². The Hall–Kier alpha value is -2.10. The zero-order valence-corrected chi connectivity index (χ0v) is 13.5. The van der Waals surface area contributed by atoms with Crippen molar-refractivity contribution in [2.75, 3.05) is 6.54 Å². The summed E-state index contributed by atoms with van der Waals surface area (Å²) in [5.41, 5.74) is 1.74. The molecule has 0 N–H and O–H groups in total. The van der Waals surface area contributed by atoms with E-state index in [-0.39, 0.29) is 18.0 Å². The number of carbonyl (C=O) groups is 2. The summed E-state index contributed by atoms with van der Waals surface area (Å²) in [6.07, 6.45) is 5.95. The summed E-state index contributed by atoms with van der Waals surface area (Å²) < 4.78 is 5.66. The van der Waals surface area contributed by atoms with Crippen molar-refractivity contribution in [3.05, 3.63) is 47.7 Å². The Morgan fingerprint density at radius 1 is 1.30 bits per heavy atom. The molecule has 0 aromatic heterocycles. The molecule has 1 aromatic carbocycles. The lowest BCUT2D eigenvalue weighted by atomic mass is 9.83. The molecule has 1 aromatic rings. The van der Waals surface area contributed by atoms with Gasteiger partial charge in [0.1, 0.15) is 6.10 Å².